The summed E-state index contributed by atoms with van der Waals surface area (Å²) in [4.78, 5) is 24.2. The van der Waals surface area contributed by atoms with Crippen molar-refractivity contribution in [1.82, 2.24) is 4.90 Å². The molecule has 5 nitrogen and oxygen atoms in total. The molecule has 0 bridgehead atoms. The Bertz CT molecular complexity index is 386. The van der Waals surface area contributed by atoms with E-state index in [0.717, 1.165) is 5.76 Å². The fraction of sp³-hybridized carbons (Fsp3) is 0.538. The number of hydrogen-bond acceptors (Lipinski definition) is 3. The van der Waals surface area contributed by atoms with Gasteiger partial charge in [0.05, 0.1) is 12.8 Å². The second-order valence-corrected chi connectivity index (χ2v) is 4.39. The Kier molecular flexibility index (Phi) is 5.42. The largest absolute Gasteiger partial charge is 0.481 e. The topological polar surface area (TPSA) is 70.8 Å². The first-order valence-electron chi connectivity index (χ1n) is 6.04. The molecule has 0 spiro atoms. The van der Waals surface area contributed by atoms with Crippen molar-refractivity contribution in [2.45, 2.75) is 33.2 Å². The number of furan rings is 1. The molecule has 1 aromatic rings. The van der Waals surface area contributed by atoms with E-state index in [-0.39, 0.29) is 24.7 Å². The van der Waals surface area contributed by atoms with Crippen LogP contribution in [0.15, 0.2) is 22.8 Å². The molecule has 0 fully saturated rings. The van der Waals surface area contributed by atoms with Gasteiger partial charge < -0.3 is 14.4 Å². The van der Waals surface area contributed by atoms with E-state index in [4.69, 9.17) is 9.52 Å². The molecule has 0 saturated heterocycles. The molecule has 0 aromatic carbocycles. The van der Waals surface area contributed by atoms with Gasteiger partial charge in [-0.05, 0) is 25.0 Å². The fourth-order valence-corrected chi connectivity index (χ4v) is 1.76. The Labute approximate surface area is 106 Å². The molecule has 1 rings (SSSR count). The predicted octanol–water partition coefficient (Wildman–Crippen LogP) is 2.13. The van der Waals surface area contributed by atoms with Gasteiger partial charge in [-0.3, -0.25) is 9.59 Å². The Morgan fingerprint density at radius 1 is 1.44 bits per heavy atom. The summed E-state index contributed by atoms with van der Waals surface area (Å²) in [6, 6.07) is 3.59. The van der Waals surface area contributed by atoms with Gasteiger partial charge in [-0.25, -0.2) is 0 Å². The first-order chi connectivity index (χ1) is 8.52. The number of rotatable bonds is 7. The Hall–Kier alpha value is -1.78. The monoisotopic (exact) mass is 253 g/mol. The summed E-state index contributed by atoms with van der Waals surface area (Å²) < 4.78 is 5.20. The number of nitrogens with zero attached hydrogens (tertiary/aromatic N) is 1. The van der Waals surface area contributed by atoms with Crippen LogP contribution in [-0.4, -0.2) is 28.4 Å². The maximum atomic E-state index is 12.0. The smallest absolute Gasteiger partial charge is 0.303 e. The molecule has 1 N–H and O–H groups in total. The lowest BCUT2D eigenvalue weighted by atomic mass is 10.0. The zero-order valence-corrected chi connectivity index (χ0v) is 10.8. The number of carboxylic acid groups (broad SMARTS) is 1. The Balaban J connectivity index is 2.49. The van der Waals surface area contributed by atoms with Crippen molar-refractivity contribution < 1.29 is 19.1 Å². The van der Waals surface area contributed by atoms with Crippen LogP contribution in [0.5, 0.6) is 0 Å². The molecule has 0 aliphatic heterocycles. The minimum atomic E-state index is -0.871. The highest BCUT2D eigenvalue weighted by Gasteiger charge is 2.18. The van der Waals surface area contributed by atoms with E-state index in [1.165, 1.54) is 0 Å². The number of carbonyl (C=O) groups is 2. The number of carboxylic acids is 1. The molecular formula is C13H19NO4. The molecule has 0 aliphatic carbocycles. The van der Waals surface area contributed by atoms with Crippen molar-refractivity contribution in [3.05, 3.63) is 24.2 Å². The van der Waals surface area contributed by atoms with Crippen LogP contribution in [0.25, 0.3) is 0 Å². The third-order valence-electron chi connectivity index (χ3n) is 2.71. The molecule has 0 radical (unpaired) electrons. The molecule has 1 unspecified atom stereocenters. The lowest BCUT2D eigenvalue weighted by Gasteiger charge is -2.21. The third-order valence-corrected chi connectivity index (χ3v) is 2.71. The maximum absolute atomic E-state index is 12.0. The van der Waals surface area contributed by atoms with Crippen LogP contribution >= 0.6 is 0 Å². The molecule has 18 heavy (non-hydrogen) atoms. The first-order valence-corrected chi connectivity index (χ1v) is 6.04. The molecular weight excluding hydrogens is 234 g/mol. The Morgan fingerprint density at radius 2 is 2.17 bits per heavy atom. The Morgan fingerprint density at radius 3 is 2.67 bits per heavy atom. The van der Waals surface area contributed by atoms with Gasteiger partial charge in [-0.15, -0.1) is 0 Å². The summed E-state index contributed by atoms with van der Waals surface area (Å²) in [5, 5.41) is 8.66. The molecule has 1 atom stereocenters. The van der Waals surface area contributed by atoms with Crippen molar-refractivity contribution in [3.8, 4) is 0 Å². The quantitative estimate of drug-likeness (QED) is 0.808. The van der Waals surface area contributed by atoms with Gasteiger partial charge in [0.15, 0.2) is 0 Å². The van der Waals surface area contributed by atoms with E-state index in [2.05, 4.69) is 0 Å². The van der Waals surface area contributed by atoms with Gasteiger partial charge in [-0.2, -0.15) is 0 Å². The zero-order chi connectivity index (χ0) is 13.5. The van der Waals surface area contributed by atoms with E-state index < -0.39 is 5.97 Å². The first kappa shape index (κ1) is 14.3. The summed E-state index contributed by atoms with van der Waals surface area (Å²) in [7, 11) is 0. The van der Waals surface area contributed by atoms with Gasteiger partial charge in [-0.1, -0.05) is 6.92 Å². The van der Waals surface area contributed by atoms with Crippen LogP contribution in [0.1, 0.15) is 32.4 Å². The van der Waals surface area contributed by atoms with Gasteiger partial charge in [0, 0.05) is 19.4 Å². The third kappa shape index (κ3) is 4.61. The predicted molar refractivity (Wildman–Crippen MR) is 65.8 cm³/mol. The number of amides is 1. The summed E-state index contributed by atoms with van der Waals surface area (Å²) in [6.07, 6.45) is 1.84. The van der Waals surface area contributed by atoms with Gasteiger partial charge in [0.1, 0.15) is 5.76 Å². The average molecular weight is 253 g/mol. The van der Waals surface area contributed by atoms with E-state index in [1.807, 2.05) is 13.0 Å². The fourth-order valence-electron chi connectivity index (χ4n) is 1.76. The van der Waals surface area contributed by atoms with Crippen LogP contribution in [0, 0.1) is 5.92 Å². The minimum Gasteiger partial charge on any atom is -0.481 e. The van der Waals surface area contributed by atoms with Gasteiger partial charge in [0.25, 0.3) is 0 Å². The van der Waals surface area contributed by atoms with Crippen LogP contribution in [0.2, 0.25) is 0 Å². The van der Waals surface area contributed by atoms with E-state index >= 15 is 0 Å². The molecule has 1 amide bonds. The molecule has 5 heteroatoms. The summed E-state index contributed by atoms with van der Waals surface area (Å²) in [5.41, 5.74) is 0. The second kappa shape index (κ2) is 6.83. The highest BCUT2D eigenvalue weighted by molar-refractivity contribution is 5.77. The summed E-state index contributed by atoms with van der Waals surface area (Å²) in [5.74, 6) is -0.330. The molecule has 0 saturated carbocycles. The number of aliphatic carboxylic acids is 1. The minimum absolute atomic E-state index is 0.0179. The number of hydrogen-bond donors (Lipinski definition) is 1. The lowest BCUT2D eigenvalue weighted by Crippen LogP contribution is -2.31. The van der Waals surface area contributed by atoms with E-state index in [9.17, 15) is 9.59 Å². The second-order valence-electron chi connectivity index (χ2n) is 4.39. The average Bonchev–Trinajstić information content (AvgIpc) is 2.76. The standard InChI is InChI=1S/C13H19NO4/c1-3-14(9-11-5-4-6-18-11)12(15)7-10(2)8-13(16)17/h4-6,10H,3,7-9H2,1-2H3,(H,16,17). The van der Waals surface area contributed by atoms with E-state index in [0.29, 0.717) is 13.1 Å². The molecule has 1 aromatic heterocycles. The van der Waals surface area contributed by atoms with E-state index in [1.54, 1.807) is 24.2 Å². The zero-order valence-electron chi connectivity index (χ0n) is 10.8. The molecule has 0 aliphatic rings. The van der Waals surface area contributed by atoms with Crippen molar-refractivity contribution in [3.63, 3.8) is 0 Å². The molecule has 100 valence electrons. The maximum Gasteiger partial charge on any atom is 0.303 e. The summed E-state index contributed by atoms with van der Waals surface area (Å²) in [6.45, 7) is 4.68. The highest BCUT2D eigenvalue weighted by Crippen LogP contribution is 2.12. The van der Waals surface area contributed by atoms with Gasteiger partial charge in [0.2, 0.25) is 5.91 Å². The highest BCUT2D eigenvalue weighted by atomic mass is 16.4. The van der Waals surface area contributed by atoms with Crippen molar-refractivity contribution >= 4 is 11.9 Å². The molecule has 1 heterocycles. The number of carbonyl (C=O) groups excluding carboxylic acids is 1. The SMILES string of the molecule is CCN(Cc1ccco1)C(=O)CC(C)CC(=O)O. The summed E-state index contributed by atoms with van der Waals surface area (Å²) >= 11 is 0. The van der Waals surface area contributed by atoms with Crippen LogP contribution in [-0.2, 0) is 16.1 Å². The van der Waals surface area contributed by atoms with Crippen molar-refractivity contribution in [1.29, 1.82) is 0 Å². The van der Waals surface area contributed by atoms with Crippen molar-refractivity contribution in [2.75, 3.05) is 6.54 Å². The van der Waals surface area contributed by atoms with Crippen molar-refractivity contribution in [2.24, 2.45) is 5.92 Å². The van der Waals surface area contributed by atoms with Crippen LogP contribution in [0.4, 0.5) is 0 Å². The van der Waals surface area contributed by atoms with Gasteiger partial charge >= 0.3 is 5.97 Å². The normalized spacial score (nSPS) is 12.1. The van der Waals surface area contributed by atoms with Crippen LogP contribution in [0.3, 0.4) is 0 Å². The van der Waals surface area contributed by atoms with Crippen LogP contribution < -0.4 is 0 Å². The lowest BCUT2D eigenvalue weighted by molar-refractivity contribution is -0.138.